The number of halogens is 1. The lowest BCUT2D eigenvalue weighted by atomic mass is 10.1. The third-order valence-corrected chi connectivity index (χ3v) is 3.31. The van der Waals surface area contributed by atoms with Crippen LogP contribution in [0.2, 0.25) is 5.02 Å². The Labute approximate surface area is 138 Å². The van der Waals surface area contributed by atoms with Gasteiger partial charge >= 0.3 is 0 Å². The van der Waals surface area contributed by atoms with Crippen LogP contribution < -0.4 is 5.32 Å². The molecule has 2 aromatic rings. The third-order valence-electron chi connectivity index (χ3n) is 2.98. The maximum absolute atomic E-state index is 11.8. The molecular weight excluding hydrogens is 316 g/mol. The summed E-state index contributed by atoms with van der Waals surface area (Å²) >= 11 is 5.97. The Morgan fingerprint density at radius 2 is 1.87 bits per heavy atom. The molecule has 116 valence electrons. The minimum absolute atomic E-state index is 0.000218. The fraction of sp³-hybridized carbons (Fsp3) is 0.118. The maximum atomic E-state index is 11.8. The summed E-state index contributed by atoms with van der Waals surface area (Å²) < 4.78 is 0. The van der Waals surface area contributed by atoms with Crippen LogP contribution in [-0.2, 0) is 11.2 Å². The highest BCUT2D eigenvalue weighted by molar-refractivity contribution is 6.31. The lowest BCUT2D eigenvalue weighted by Crippen LogP contribution is -2.25. The number of nitrogens with zero attached hydrogens (tertiary/aromatic N) is 1. The summed E-state index contributed by atoms with van der Waals surface area (Å²) in [4.78, 5) is 21.8. The van der Waals surface area contributed by atoms with Crippen LogP contribution in [-0.4, -0.2) is 17.4 Å². The molecule has 0 unspecified atom stereocenters. The van der Waals surface area contributed by atoms with E-state index < -0.39 is 4.92 Å². The van der Waals surface area contributed by atoms with Crippen molar-refractivity contribution in [1.82, 2.24) is 5.32 Å². The summed E-state index contributed by atoms with van der Waals surface area (Å²) in [5, 5.41) is 13.8. The van der Waals surface area contributed by atoms with Gasteiger partial charge in [-0.1, -0.05) is 47.7 Å². The highest BCUT2D eigenvalue weighted by Crippen LogP contribution is 2.13. The molecule has 0 heterocycles. The molecule has 0 radical (unpaired) electrons. The number of carbonyl (C=O) groups is 1. The predicted molar refractivity (Wildman–Crippen MR) is 88.1 cm³/mol. The maximum Gasteiger partial charge on any atom is 0.269 e. The van der Waals surface area contributed by atoms with Crippen LogP contribution in [0.15, 0.2) is 48.5 Å². The molecule has 2 aromatic carbocycles. The van der Waals surface area contributed by atoms with Crippen LogP contribution in [0, 0.1) is 22.0 Å². The first kappa shape index (κ1) is 16.5. The van der Waals surface area contributed by atoms with Gasteiger partial charge in [-0.3, -0.25) is 14.9 Å². The Morgan fingerprint density at radius 3 is 2.52 bits per heavy atom. The molecule has 0 saturated heterocycles. The Kier molecular flexibility index (Phi) is 5.73. The standard InChI is InChI=1S/C17H13ClN2O3/c18-16-6-2-1-4-14(16)5-3-11-19-17(21)12-13-7-9-15(10-8-13)20(22)23/h1-2,4,6-10H,11-12H2,(H,19,21). The molecular formula is C17H13ClN2O3. The number of nitro groups is 1. The predicted octanol–water partition coefficient (Wildman–Crippen LogP) is 2.96. The molecule has 0 aliphatic carbocycles. The highest BCUT2D eigenvalue weighted by atomic mass is 35.5. The van der Waals surface area contributed by atoms with E-state index in [1.54, 1.807) is 24.3 Å². The van der Waals surface area contributed by atoms with Gasteiger partial charge in [0.05, 0.1) is 22.9 Å². The van der Waals surface area contributed by atoms with Crippen molar-refractivity contribution in [2.24, 2.45) is 0 Å². The molecule has 0 spiro atoms. The minimum atomic E-state index is -0.478. The van der Waals surface area contributed by atoms with E-state index in [0.29, 0.717) is 16.1 Å². The summed E-state index contributed by atoms with van der Waals surface area (Å²) in [6.45, 7) is 0.205. The van der Waals surface area contributed by atoms with Gasteiger partial charge in [0.1, 0.15) is 0 Å². The van der Waals surface area contributed by atoms with Gasteiger partial charge in [-0.15, -0.1) is 0 Å². The zero-order valence-corrected chi connectivity index (χ0v) is 12.8. The molecule has 6 heteroatoms. The SMILES string of the molecule is O=C(Cc1ccc([N+](=O)[O-])cc1)NCC#Cc1ccccc1Cl. The van der Waals surface area contributed by atoms with Crippen LogP contribution in [0.4, 0.5) is 5.69 Å². The third kappa shape index (κ3) is 5.13. The van der Waals surface area contributed by atoms with Crippen molar-refractivity contribution < 1.29 is 9.72 Å². The van der Waals surface area contributed by atoms with Crippen molar-refractivity contribution in [1.29, 1.82) is 0 Å². The number of nitro benzene ring substituents is 1. The molecule has 0 saturated carbocycles. The van der Waals surface area contributed by atoms with Crippen molar-refractivity contribution in [2.75, 3.05) is 6.54 Å². The molecule has 0 atom stereocenters. The number of amides is 1. The van der Waals surface area contributed by atoms with Crippen molar-refractivity contribution in [3.05, 3.63) is 74.8 Å². The summed E-state index contributed by atoms with van der Waals surface area (Å²) in [7, 11) is 0. The number of carbonyl (C=O) groups excluding carboxylic acids is 1. The van der Waals surface area contributed by atoms with E-state index in [4.69, 9.17) is 11.6 Å². The molecule has 0 fully saturated rings. The largest absolute Gasteiger partial charge is 0.345 e. The van der Waals surface area contributed by atoms with Gasteiger partial charge < -0.3 is 5.32 Å². The number of rotatable bonds is 4. The number of nitrogens with one attached hydrogen (secondary N) is 1. The molecule has 23 heavy (non-hydrogen) atoms. The first-order chi connectivity index (χ1) is 11.1. The first-order valence-electron chi connectivity index (χ1n) is 6.79. The van der Waals surface area contributed by atoms with Crippen LogP contribution in [0.3, 0.4) is 0 Å². The van der Waals surface area contributed by atoms with Crippen LogP contribution >= 0.6 is 11.6 Å². The Hall–Kier alpha value is -2.84. The monoisotopic (exact) mass is 328 g/mol. The van der Waals surface area contributed by atoms with Crippen molar-refractivity contribution in [2.45, 2.75) is 6.42 Å². The quantitative estimate of drug-likeness (QED) is 0.533. The lowest BCUT2D eigenvalue weighted by Gasteiger charge is -2.01. The van der Waals surface area contributed by atoms with Gasteiger partial charge in [0.25, 0.3) is 5.69 Å². The van der Waals surface area contributed by atoms with Gasteiger partial charge in [-0.25, -0.2) is 0 Å². The minimum Gasteiger partial charge on any atom is -0.345 e. The lowest BCUT2D eigenvalue weighted by molar-refractivity contribution is -0.384. The molecule has 2 rings (SSSR count). The highest BCUT2D eigenvalue weighted by Gasteiger charge is 2.06. The van der Waals surface area contributed by atoms with Gasteiger partial charge in [-0.2, -0.15) is 0 Å². The van der Waals surface area contributed by atoms with Gasteiger partial charge in [0.15, 0.2) is 0 Å². The molecule has 0 aromatic heterocycles. The fourth-order valence-electron chi connectivity index (χ4n) is 1.83. The fourth-order valence-corrected chi connectivity index (χ4v) is 2.01. The molecule has 1 amide bonds. The Balaban J connectivity index is 1.84. The Bertz CT molecular complexity index is 776. The van der Waals surface area contributed by atoms with Gasteiger partial charge in [-0.05, 0) is 17.7 Å². The topological polar surface area (TPSA) is 72.2 Å². The van der Waals surface area contributed by atoms with E-state index in [-0.39, 0.29) is 24.6 Å². The molecule has 0 bridgehead atoms. The van der Waals surface area contributed by atoms with Crippen LogP contribution in [0.1, 0.15) is 11.1 Å². The van der Waals surface area contributed by atoms with Crippen LogP contribution in [0.5, 0.6) is 0 Å². The van der Waals surface area contributed by atoms with Gasteiger partial charge in [0.2, 0.25) is 5.91 Å². The summed E-state index contributed by atoms with van der Waals surface area (Å²) in [6, 6.07) is 13.1. The van der Waals surface area contributed by atoms with Crippen molar-refractivity contribution in [3.8, 4) is 11.8 Å². The van der Waals surface area contributed by atoms with E-state index in [2.05, 4.69) is 17.2 Å². The number of hydrogen-bond donors (Lipinski definition) is 1. The summed E-state index contributed by atoms with van der Waals surface area (Å²) in [5.41, 5.74) is 1.41. The normalized spacial score (nSPS) is 9.61. The molecule has 5 nitrogen and oxygen atoms in total. The molecule has 0 aliphatic rings. The number of hydrogen-bond acceptors (Lipinski definition) is 3. The first-order valence-corrected chi connectivity index (χ1v) is 7.17. The van der Waals surface area contributed by atoms with E-state index in [1.165, 1.54) is 12.1 Å². The Morgan fingerprint density at radius 1 is 1.17 bits per heavy atom. The summed E-state index contributed by atoms with van der Waals surface area (Å²) in [5.74, 6) is 5.51. The van der Waals surface area contributed by atoms with E-state index in [0.717, 1.165) is 0 Å². The second-order valence-corrected chi connectivity index (χ2v) is 5.07. The zero-order chi connectivity index (χ0) is 16.7. The smallest absolute Gasteiger partial charge is 0.269 e. The van der Waals surface area contributed by atoms with Crippen molar-refractivity contribution in [3.63, 3.8) is 0 Å². The molecule has 0 aliphatic heterocycles. The van der Waals surface area contributed by atoms with Gasteiger partial charge in [0, 0.05) is 17.7 Å². The average molecular weight is 329 g/mol. The number of non-ortho nitro benzene ring substituents is 1. The summed E-state index contributed by atoms with van der Waals surface area (Å²) in [6.07, 6.45) is 0.145. The average Bonchev–Trinajstić information content (AvgIpc) is 2.53. The van der Waals surface area contributed by atoms with Crippen LogP contribution in [0.25, 0.3) is 0 Å². The zero-order valence-electron chi connectivity index (χ0n) is 12.1. The van der Waals surface area contributed by atoms with E-state index in [9.17, 15) is 14.9 Å². The van der Waals surface area contributed by atoms with E-state index in [1.807, 2.05) is 12.1 Å². The van der Waals surface area contributed by atoms with Crippen molar-refractivity contribution >= 4 is 23.2 Å². The number of benzene rings is 2. The van der Waals surface area contributed by atoms with E-state index >= 15 is 0 Å². The second kappa shape index (κ2) is 7.97. The molecule has 1 N–H and O–H groups in total. The second-order valence-electron chi connectivity index (χ2n) is 4.66.